The second-order valence-corrected chi connectivity index (χ2v) is 14.3. The number of alkyl carbamates (subject to hydrolysis) is 1. The van der Waals surface area contributed by atoms with E-state index in [-0.39, 0.29) is 49.1 Å². The van der Waals surface area contributed by atoms with Gasteiger partial charge in [-0.15, -0.1) is 6.58 Å². The molecule has 240 valence electrons. The molecule has 3 saturated carbocycles. The lowest BCUT2D eigenvalue weighted by atomic mass is 9.81. The fourth-order valence-corrected chi connectivity index (χ4v) is 6.79. The van der Waals surface area contributed by atoms with E-state index in [0.717, 1.165) is 12.8 Å². The van der Waals surface area contributed by atoms with Crippen molar-refractivity contribution in [1.82, 2.24) is 20.9 Å². The van der Waals surface area contributed by atoms with Gasteiger partial charge in [-0.05, 0) is 69.1 Å². The fraction of sp³-hybridized carbons (Fsp3) is 0.774. The first kappa shape index (κ1) is 32.9. The van der Waals surface area contributed by atoms with Crippen molar-refractivity contribution in [3.8, 4) is 0 Å². The highest BCUT2D eigenvalue weighted by molar-refractivity contribution is 6.38. The Morgan fingerprint density at radius 1 is 1.05 bits per heavy atom. The summed E-state index contributed by atoms with van der Waals surface area (Å²) in [6, 6.07) is -3.14. The minimum atomic E-state index is -2.83. The Bertz CT molecular complexity index is 1140. The number of piperidine rings is 1. The van der Waals surface area contributed by atoms with Crippen LogP contribution in [0.15, 0.2) is 12.7 Å². The zero-order valence-electron chi connectivity index (χ0n) is 25.8. The molecule has 5 atom stereocenters. The molecule has 0 aromatic heterocycles. The minimum absolute atomic E-state index is 0.0125. The summed E-state index contributed by atoms with van der Waals surface area (Å²) in [4.78, 5) is 67.8. The van der Waals surface area contributed by atoms with Gasteiger partial charge in [0.25, 0.3) is 5.91 Å². The maximum atomic E-state index is 14.2. The second-order valence-electron chi connectivity index (χ2n) is 14.3. The van der Waals surface area contributed by atoms with E-state index in [1.807, 2.05) is 13.8 Å². The van der Waals surface area contributed by atoms with Crippen molar-refractivity contribution in [2.75, 3.05) is 13.1 Å². The fourth-order valence-electron chi connectivity index (χ4n) is 6.79. The number of alkyl halides is 2. The lowest BCUT2D eigenvalue weighted by Crippen LogP contribution is -2.60. The third kappa shape index (κ3) is 7.73. The molecule has 0 aromatic rings. The highest BCUT2D eigenvalue weighted by Crippen LogP contribution is 2.65. The van der Waals surface area contributed by atoms with E-state index in [4.69, 9.17) is 4.74 Å². The highest BCUT2D eigenvalue weighted by atomic mass is 19.3. The summed E-state index contributed by atoms with van der Waals surface area (Å²) in [5.74, 6) is -5.99. The van der Waals surface area contributed by atoms with Crippen molar-refractivity contribution < 1.29 is 37.5 Å². The molecule has 10 nitrogen and oxygen atoms in total. The number of hydrogen-bond donors (Lipinski definition) is 3. The standard InChI is InChI=1S/C31H46F2N4O6/c1-7-14-34-26(40)24(38)20(15-17-8-9-17)35-25(39)23-21-19(30(21,5)6)16-37(23)27(41)22(36-28(42)43-29(2,3)4)18-10-12-31(32,33)13-11-18/h7,17-23H,1,8-16H2,2-6H3,(H,34,40)(H,35,39)(H,36,42)/t19?,20?,21?,22-,23-/m0/s1. The predicted octanol–water partition coefficient (Wildman–Crippen LogP) is 3.34. The van der Waals surface area contributed by atoms with E-state index in [9.17, 15) is 32.8 Å². The smallest absolute Gasteiger partial charge is 0.408 e. The number of carbonyl (C=O) groups is 5. The molecule has 1 saturated heterocycles. The topological polar surface area (TPSA) is 134 Å². The Labute approximate surface area is 252 Å². The van der Waals surface area contributed by atoms with Gasteiger partial charge in [0.05, 0.1) is 6.04 Å². The van der Waals surface area contributed by atoms with Crippen molar-refractivity contribution in [3.05, 3.63) is 12.7 Å². The van der Waals surface area contributed by atoms with Gasteiger partial charge in [-0.1, -0.05) is 32.8 Å². The van der Waals surface area contributed by atoms with Gasteiger partial charge >= 0.3 is 6.09 Å². The minimum Gasteiger partial charge on any atom is -0.444 e. The lowest BCUT2D eigenvalue weighted by molar-refractivity contribution is -0.145. The van der Waals surface area contributed by atoms with Gasteiger partial charge in [-0.2, -0.15) is 0 Å². The zero-order valence-corrected chi connectivity index (χ0v) is 25.8. The molecule has 4 aliphatic rings. The maximum Gasteiger partial charge on any atom is 0.408 e. The number of nitrogens with one attached hydrogen (secondary N) is 3. The zero-order chi connectivity index (χ0) is 31.9. The average molecular weight is 609 g/mol. The number of rotatable bonds is 11. The van der Waals surface area contributed by atoms with Crippen LogP contribution in [0.1, 0.15) is 79.6 Å². The van der Waals surface area contributed by atoms with Crippen molar-refractivity contribution in [2.24, 2.45) is 29.1 Å². The van der Waals surface area contributed by atoms with Gasteiger partial charge in [-0.3, -0.25) is 19.2 Å². The van der Waals surface area contributed by atoms with Crippen LogP contribution >= 0.6 is 0 Å². The van der Waals surface area contributed by atoms with Gasteiger partial charge in [-0.25, -0.2) is 13.6 Å². The third-order valence-corrected chi connectivity index (χ3v) is 9.46. The van der Waals surface area contributed by atoms with Crippen LogP contribution in [0.5, 0.6) is 0 Å². The number of Topliss-reactive ketones (excluding diaryl/α,β-unsaturated/α-hetero) is 1. The molecule has 4 fully saturated rings. The molecule has 1 heterocycles. The maximum absolute atomic E-state index is 14.2. The number of ketones is 1. The predicted molar refractivity (Wildman–Crippen MR) is 154 cm³/mol. The number of ether oxygens (including phenoxy) is 1. The normalized spacial score (nSPS) is 27.2. The Balaban J connectivity index is 1.56. The van der Waals surface area contributed by atoms with E-state index < -0.39 is 78.0 Å². The average Bonchev–Trinajstić information content (AvgIpc) is 3.76. The van der Waals surface area contributed by atoms with E-state index >= 15 is 0 Å². The molecule has 3 aliphatic carbocycles. The van der Waals surface area contributed by atoms with Crippen molar-refractivity contribution in [1.29, 1.82) is 0 Å². The van der Waals surface area contributed by atoms with Crippen molar-refractivity contribution >= 4 is 29.6 Å². The molecular weight excluding hydrogens is 562 g/mol. The van der Waals surface area contributed by atoms with Crippen LogP contribution in [0.25, 0.3) is 0 Å². The summed E-state index contributed by atoms with van der Waals surface area (Å²) in [5.41, 5.74) is -1.09. The van der Waals surface area contributed by atoms with Crippen molar-refractivity contribution in [3.63, 3.8) is 0 Å². The van der Waals surface area contributed by atoms with Crippen LogP contribution in [0.2, 0.25) is 0 Å². The van der Waals surface area contributed by atoms with Crippen LogP contribution in [0, 0.1) is 29.1 Å². The summed E-state index contributed by atoms with van der Waals surface area (Å²) in [7, 11) is 0. The van der Waals surface area contributed by atoms with Crippen molar-refractivity contribution in [2.45, 2.75) is 109 Å². The molecule has 1 aliphatic heterocycles. The van der Waals surface area contributed by atoms with Crippen LogP contribution in [-0.2, 0) is 23.9 Å². The van der Waals surface area contributed by atoms with Gasteiger partial charge in [0.15, 0.2) is 0 Å². The van der Waals surface area contributed by atoms with Gasteiger partial charge in [0.2, 0.25) is 23.5 Å². The van der Waals surface area contributed by atoms with Crippen LogP contribution < -0.4 is 16.0 Å². The number of fused-ring (bicyclic) bond motifs is 1. The lowest BCUT2D eigenvalue weighted by Gasteiger charge is -2.38. The molecule has 0 aromatic carbocycles. The molecule has 0 spiro atoms. The summed E-state index contributed by atoms with van der Waals surface area (Å²) < 4.78 is 33.4. The summed E-state index contributed by atoms with van der Waals surface area (Å²) in [6.07, 6.45) is 1.98. The molecule has 3 unspecified atom stereocenters. The van der Waals surface area contributed by atoms with E-state index in [0.29, 0.717) is 6.42 Å². The van der Waals surface area contributed by atoms with Gasteiger partial charge in [0, 0.05) is 25.9 Å². The Morgan fingerprint density at radius 2 is 1.67 bits per heavy atom. The first-order valence-electron chi connectivity index (χ1n) is 15.4. The number of halogens is 2. The molecule has 12 heteroatoms. The molecule has 4 rings (SSSR count). The van der Waals surface area contributed by atoms with Crippen LogP contribution in [-0.4, -0.2) is 77.2 Å². The third-order valence-electron chi connectivity index (χ3n) is 9.46. The van der Waals surface area contributed by atoms with Crippen LogP contribution in [0.3, 0.4) is 0 Å². The van der Waals surface area contributed by atoms with E-state index in [1.54, 1.807) is 20.8 Å². The summed E-state index contributed by atoms with van der Waals surface area (Å²) in [5, 5.41) is 7.90. The quantitative estimate of drug-likeness (QED) is 0.243. The first-order chi connectivity index (χ1) is 19.9. The first-order valence-corrected chi connectivity index (χ1v) is 15.4. The van der Waals surface area contributed by atoms with Gasteiger partial charge in [0.1, 0.15) is 17.7 Å². The Morgan fingerprint density at radius 3 is 2.23 bits per heavy atom. The van der Waals surface area contributed by atoms with E-state index in [1.165, 1.54) is 11.0 Å². The molecule has 4 amide bonds. The number of hydrogen-bond acceptors (Lipinski definition) is 6. The largest absolute Gasteiger partial charge is 0.444 e. The number of likely N-dealkylation sites (tertiary alicyclic amines) is 1. The molecule has 0 bridgehead atoms. The van der Waals surface area contributed by atoms with Crippen LogP contribution in [0.4, 0.5) is 13.6 Å². The highest BCUT2D eigenvalue weighted by Gasteiger charge is 2.70. The Kier molecular flexibility index (Phi) is 9.28. The number of nitrogens with zero attached hydrogens (tertiary/aromatic N) is 1. The monoisotopic (exact) mass is 608 g/mol. The summed E-state index contributed by atoms with van der Waals surface area (Å²) >= 11 is 0. The number of amides is 4. The van der Waals surface area contributed by atoms with E-state index in [2.05, 4.69) is 22.5 Å². The second kappa shape index (κ2) is 12.1. The Hall–Kier alpha value is -3.05. The molecule has 3 N–H and O–H groups in total. The molecular formula is C31H46F2N4O6. The van der Waals surface area contributed by atoms with Gasteiger partial charge < -0.3 is 25.6 Å². The molecule has 43 heavy (non-hydrogen) atoms. The molecule has 0 radical (unpaired) electrons. The summed E-state index contributed by atoms with van der Waals surface area (Å²) in [6.45, 7) is 13.0. The number of carbonyl (C=O) groups excluding carboxylic acids is 5. The SMILES string of the molecule is C=CCNC(=O)C(=O)C(CC1CC1)NC(=O)[C@@H]1C2C(CN1C(=O)[C@@H](NC(=O)OC(C)(C)C)C1CCC(F)(F)CC1)C2(C)C.